The van der Waals surface area contributed by atoms with E-state index in [1.54, 1.807) is 30.2 Å². The molecule has 31 heavy (non-hydrogen) atoms. The van der Waals surface area contributed by atoms with Crippen LogP contribution in [0.1, 0.15) is 33.9 Å². The lowest BCUT2D eigenvalue weighted by Crippen LogP contribution is -2.32. The Kier molecular flexibility index (Phi) is 5.91. The molecule has 3 aromatic rings. The van der Waals surface area contributed by atoms with E-state index in [2.05, 4.69) is 5.32 Å². The number of ether oxygens (including phenoxy) is 1. The second-order valence-electron chi connectivity index (χ2n) is 7.26. The normalized spacial score (nSPS) is 13.6. The van der Waals surface area contributed by atoms with Gasteiger partial charge < -0.3 is 15.0 Å². The number of rotatable bonds is 6. The lowest BCUT2D eigenvalue weighted by atomic mass is 10.0. The van der Waals surface area contributed by atoms with Gasteiger partial charge in [0.25, 0.3) is 5.91 Å². The van der Waals surface area contributed by atoms with Gasteiger partial charge >= 0.3 is 0 Å². The average molecular weight is 439 g/mol. The molecule has 3 aromatic carbocycles. The van der Waals surface area contributed by atoms with Gasteiger partial charge in [-0.1, -0.05) is 41.9 Å². The molecule has 0 bridgehead atoms. The molecule has 4 rings (SSSR count). The summed E-state index contributed by atoms with van der Waals surface area (Å²) in [5.41, 5.74) is 2.78. The number of anilines is 1. The molecule has 2 amide bonds. The maximum Gasteiger partial charge on any atom is 0.255 e. The Hall–Kier alpha value is -3.38. The van der Waals surface area contributed by atoms with Gasteiger partial charge in [-0.3, -0.25) is 9.59 Å². The summed E-state index contributed by atoms with van der Waals surface area (Å²) < 4.78 is 18.6. The highest BCUT2D eigenvalue weighted by atomic mass is 35.5. The number of hydrogen-bond acceptors (Lipinski definition) is 3. The summed E-state index contributed by atoms with van der Waals surface area (Å²) in [4.78, 5) is 27.6. The third-order valence-electron chi connectivity index (χ3n) is 5.31. The minimum absolute atomic E-state index is 0.0288. The third-order valence-corrected chi connectivity index (χ3v) is 5.60. The van der Waals surface area contributed by atoms with Crippen LogP contribution >= 0.6 is 11.6 Å². The smallest absolute Gasteiger partial charge is 0.255 e. The Bertz CT molecular complexity index is 1130. The monoisotopic (exact) mass is 438 g/mol. The van der Waals surface area contributed by atoms with Crippen LogP contribution in [0.2, 0.25) is 5.02 Å². The lowest BCUT2D eigenvalue weighted by Gasteiger charge is -2.28. The van der Waals surface area contributed by atoms with Gasteiger partial charge in [-0.15, -0.1) is 0 Å². The molecule has 0 radical (unpaired) electrons. The Morgan fingerprint density at radius 2 is 1.90 bits per heavy atom. The topological polar surface area (TPSA) is 58.6 Å². The molecule has 1 aliphatic rings. The highest BCUT2D eigenvalue weighted by molar-refractivity contribution is 6.31. The third kappa shape index (κ3) is 4.39. The maximum absolute atomic E-state index is 13.4. The first-order valence-corrected chi connectivity index (χ1v) is 10.1. The van der Waals surface area contributed by atoms with Crippen molar-refractivity contribution in [2.24, 2.45) is 0 Å². The van der Waals surface area contributed by atoms with Crippen molar-refractivity contribution in [2.75, 3.05) is 12.4 Å². The molecule has 0 unspecified atom stereocenters. The van der Waals surface area contributed by atoms with E-state index in [0.29, 0.717) is 23.5 Å². The molecule has 1 aliphatic heterocycles. The van der Waals surface area contributed by atoms with Gasteiger partial charge in [0.05, 0.1) is 24.6 Å². The number of fused-ring (bicyclic) bond motifs is 1. The maximum atomic E-state index is 13.4. The van der Waals surface area contributed by atoms with Crippen LogP contribution in [0.25, 0.3) is 0 Å². The van der Waals surface area contributed by atoms with E-state index in [0.717, 1.165) is 11.1 Å². The van der Waals surface area contributed by atoms with Crippen molar-refractivity contribution < 1.29 is 18.7 Å². The Morgan fingerprint density at radius 3 is 2.58 bits per heavy atom. The lowest BCUT2D eigenvalue weighted by molar-refractivity contribution is -0.117. The van der Waals surface area contributed by atoms with Gasteiger partial charge in [-0.2, -0.15) is 0 Å². The van der Waals surface area contributed by atoms with Crippen LogP contribution in [0, 0.1) is 5.82 Å². The minimum atomic E-state index is -0.559. The van der Waals surface area contributed by atoms with Crippen molar-refractivity contribution in [1.82, 2.24) is 4.90 Å². The number of halogens is 2. The molecule has 1 heterocycles. The molecular weight excluding hydrogens is 419 g/mol. The van der Waals surface area contributed by atoms with E-state index < -0.39 is 11.9 Å². The first kappa shape index (κ1) is 20.9. The summed E-state index contributed by atoms with van der Waals surface area (Å²) in [6.45, 7) is 0.418. The van der Waals surface area contributed by atoms with Crippen molar-refractivity contribution in [3.8, 4) is 5.75 Å². The van der Waals surface area contributed by atoms with Crippen LogP contribution in [0.15, 0.2) is 66.7 Å². The van der Waals surface area contributed by atoms with E-state index >= 15 is 0 Å². The Labute approximate surface area is 184 Å². The molecule has 7 heteroatoms. The fourth-order valence-electron chi connectivity index (χ4n) is 3.72. The number of nitrogens with one attached hydrogen (secondary N) is 1. The number of nitrogens with zero attached hydrogens (tertiary/aromatic N) is 1. The summed E-state index contributed by atoms with van der Waals surface area (Å²) in [5.74, 6) is -0.304. The molecule has 0 saturated heterocycles. The first-order chi connectivity index (χ1) is 15.0. The van der Waals surface area contributed by atoms with E-state index in [1.165, 1.54) is 18.2 Å². The molecule has 0 fully saturated rings. The summed E-state index contributed by atoms with van der Waals surface area (Å²) in [6.07, 6.45) is 0.0288. The van der Waals surface area contributed by atoms with Crippen molar-refractivity contribution in [3.63, 3.8) is 0 Å². The molecule has 0 aromatic heterocycles. The highest BCUT2D eigenvalue weighted by Crippen LogP contribution is 2.34. The van der Waals surface area contributed by atoms with Gasteiger partial charge in [0.2, 0.25) is 5.91 Å². The number of hydrogen-bond donors (Lipinski definition) is 1. The Balaban J connectivity index is 1.60. The van der Waals surface area contributed by atoms with E-state index in [9.17, 15) is 14.0 Å². The number of carbonyl (C=O) groups excluding carboxylic acids is 2. The minimum Gasteiger partial charge on any atom is -0.497 e. The average Bonchev–Trinajstić information content (AvgIpc) is 3.11. The van der Waals surface area contributed by atoms with Crippen LogP contribution in [-0.2, 0) is 11.3 Å². The van der Waals surface area contributed by atoms with Gasteiger partial charge in [0.1, 0.15) is 11.6 Å². The van der Waals surface area contributed by atoms with Crippen molar-refractivity contribution in [1.29, 1.82) is 0 Å². The first-order valence-electron chi connectivity index (χ1n) is 9.74. The molecule has 0 spiro atoms. The van der Waals surface area contributed by atoms with Crippen LogP contribution in [0.5, 0.6) is 5.75 Å². The van der Waals surface area contributed by atoms with Gasteiger partial charge in [0, 0.05) is 17.8 Å². The SMILES string of the molecule is COc1ccc([C@H](CC(=O)Nc2ccc(F)c(Cl)c2)N2Cc3ccccc3C2=O)cc1. The summed E-state index contributed by atoms with van der Waals surface area (Å²) in [5, 5.41) is 2.67. The fraction of sp³-hybridized carbons (Fsp3) is 0.167. The van der Waals surface area contributed by atoms with Crippen molar-refractivity contribution in [2.45, 2.75) is 19.0 Å². The molecule has 1 atom stereocenters. The number of methoxy groups -OCH3 is 1. The van der Waals surface area contributed by atoms with Crippen LogP contribution < -0.4 is 10.1 Å². The van der Waals surface area contributed by atoms with Crippen molar-refractivity contribution >= 4 is 29.1 Å². The van der Waals surface area contributed by atoms with Crippen molar-refractivity contribution in [3.05, 3.63) is 94.3 Å². The largest absolute Gasteiger partial charge is 0.497 e. The Morgan fingerprint density at radius 1 is 1.16 bits per heavy atom. The zero-order valence-electron chi connectivity index (χ0n) is 16.8. The second-order valence-corrected chi connectivity index (χ2v) is 7.67. The van der Waals surface area contributed by atoms with Crippen LogP contribution in [0.4, 0.5) is 10.1 Å². The van der Waals surface area contributed by atoms with Gasteiger partial charge in [-0.25, -0.2) is 4.39 Å². The van der Waals surface area contributed by atoms with Gasteiger partial charge in [0.15, 0.2) is 0 Å². The van der Waals surface area contributed by atoms with Gasteiger partial charge in [-0.05, 0) is 47.5 Å². The molecule has 1 N–H and O–H groups in total. The molecule has 5 nitrogen and oxygen atoms in total. The summed E-state index contributed by atoms with van der Waals surface area (Å²) >= 11 is 5.81. The van der Waals surface area contributed by atoms with E-state index in [1.807, 2.05) is 30.3 Å². The number of amides is 2. The number of carbonyl (C=O) groups is 2. The standard InChI is InChI=1S/C24H20ClFN2O3/c1-31-18-9-6-15(7-10-18)22(28-14-16-4-2-3-5-19(16)24(28)30)13-23(29)27-17-8-11-21(26)20(25)12-17/h2-12,22H,13-14H2,1H3,(H,27,29)/t22-/m0/s1. The van der Waals surface area contributed by atoms with Crippen LogP contribution in [0.3, 0.4) is 0 Å². The second kappa shape index (κ2) is 8.78. The zero-order chi connectivity index (χ0) is 22.0. The predicted molar refractivity (Wildman–Crippen MR) is 117 cm³/mol. The van der Waals surface area contributed by atoms with E-state index in [-0.39, 0.29) is 23.3 Å². The molecule has 158 valence electrons. The summed E-state index contributed by atoms with van der Waals surface area (Å²) in [6, 6.07) is 18.2. The quantitative estimate of drug-likeness (QED) is 0.574. The van der Waals surface area contributed by atoms with Crippen LogP contribution in [-0.4, -0.2) is 23.8 Å². The number of benzene rings is 3. The highest BCUT2D eigenvalue weighted by Gasteiger charge is 2.34. The fourth-order valence-corrected chi connectivity index (χ4v) is 3.90. The van der Waals surface area contributed by atoms with E-state index in [4.69, 9.17) is 16.3 Å². The molecular formula is C24H20ClFN2O3. The predicted octanol–water partition coefficient (Wildman–Crippen LogP) is 5.21. The summed E-state index contributed by atoms with van der Waals surface area (Å²) in [7, 11) is 1.58. The molecule has 0 aliphatic carbocycles. The molecule has 0 saturated carbocycles. The zero-order valence-corrected chi connectivity index (χ0v) is 17.5.